The second-order valence-corrected chi connectivity index (χ2v) is 7.07. The third kappa shape index (κ3) is 7.19. The molecule has 1 N–H and O–H groups in total. The Morgan fingerprint density at radius 1 is 0.923 bits per heavy atom. The molecule has 2 nitrogen and oxygen atoms in total. The van der Waals surface area contributed by atoms with Gasteiger partial charge in [-0.2, -0.15) is 0 Å². The fraction of sp³-hybridized carbons (Fsp3) is 0.455. The SMILES string of the molecule is Cc1ccccc1NCCCN1CCC(Cc2ccccc2)CC1.Cl.Cl. The molecule has 0 saturated carbocycles. The number of halogens is 2. The summed E-state index contributed by atoms with van der Waals surface area (Å²) >= 11 is 0. The molecule has 4 heteroatoms. The quantitative estimate of drug-likeness (QED) is 0.615. The predicted molar refractivity (Wildman–Crippen MR) is 118 cm³/mol. The van der Waals surface area contributed by atoms with Gasteiger partial charge in [0, 0.05) is 12.2 Å². The van der Waals surface area contributed by atoms with Crippen molar-refractivity contribution < 1.29 is 0 Å². The molecule has 0 aromatic heterocycles. The monoisotopic (exact) mass is 394 g/mol. The number of nitrogens with one attached hydrogen (secondary N) is 1. The summed E-state index contributed by atoms with van der Waals surface area (Å²) in [5, 5.41) is 3.57. The summed E-state index contributed by atoms with van der Waals surface area (Å²) in [6, 6.07) is 19.5. The highest BCUT2D eigenvalue weighted by molar-refractivity contribution is 5.85. The zero-order valence-corrected chi connectivity index (χ0v) is 17.3. The number of aryl methyl sites for hydroxylation is 1. The summed E-state index contributed by atoms with van der Waals surface area (Å²) in [7, 11) is 0. The normalized spacial score (nSPS) is 15.0. The van der Waals surface area contributed by atoms with Gasteiger partial charge in [0.2, 0.25) is 0 Å². The standard InChI is InChI=1S/C22H30N2.2ClH/c1-19-8-5-6-11-22(19)23-14-7-15-24-16-12-21(13-17-24)18-20-9-3-2-4-10-20;;/h2-6,8-11,21,23H,7,12-18H2,1H3;2*1H. The predicted octanol–water partition coefficient (Wildman–Crippen LogP) is 5.60. The largest absolute Gasteiger partial charge is 0.385 e. The molecule has 26 heavy (non-hydrogen) atoms. The van der Waals surface area contributed by atoms with Gasteiger partial charge in [0.25, 0.3) is 0 Å². The molecule has 1 fully saturated rings. The van der Waals surface area contributed by atoms with Crippen LogP contribution in [0.1, 0.15) is 30.4 Å². The second kappa shape index (κ2) is 12.2. The molecule has 1 heterocycles. The van der Waals surface area contributed by atoms with Crippen molar-refractivity contribution in [2.75, 3.05) is 31.5 Å². The zero-order valence-electron chi connectivity index (χ0n) is 15.7. The van der Waals surface area contributed by atoms with Crippen LogP contribution in [-0.4, -0.2) is 31.1 Å². The van der Waals surface area contributed by atoms with Crippen molar-refractivity contribution in [3.8, 4) is 0 Å². The lowest BCUT2D eigenvalue weighted by atomic mass is 9.90. The number of nitrogens with zero attached hydrogens (tertiary/aromatic N) is 1. The Morgan fingerprint density at radius 3 is 2.27 bits per heavy atom. The third-order valence-electron chi connectivity index (χ3n) is 5.19. The topological polar surface area (TPSA) is 15.3 Å². The van der Waals surface area contributed by atoms with Crippen LogP contribution in [0.3, 0.4) is 0 Å². The van der Waals surface area contributed by atoms with Crippen molar-refractivity contribution in [1.82, 2.24) is 4.90 Å². The maximum Gasteiger partial charge on any atom is 0.0369 e. The fourth-order valence-corrected chi connectivity index (χ4v) is 3.66. The molecular weight excluding hydrogens is 363 g/mol. The number of piperidine rings is 1. The third-order valence-corrected chi connectivity index (χ3v) is 5.19. The van der Waals surface area contributed by atoms with Gasteiger partial charge in [-0.15, -0.1) is 24.8 Å². The van der Waals surface area contributed by atoms with Crippen molar-refractivity contribution in [3.05, 3.63) is 65.7 Å². The first-order valence-corrected chi connectivity index (χ1v) is 9.37. The van der Waals surface area contributed by atoms with E-state index in [1.54, 1.807) is 0 Å². The molecule has 2 aromatic rings. The maximum atomic E-state index is 3.57. The van der Waals surface area contributed by atoms with Crippen LogP contribution in [0.15, 0.2) is 54.6 Å². The lowest BCUT2D eigenvalue weighted by Gasteiger charge is -2.32. The van der Waals surface area contributed by atoms with Gasteiger partial charge < -0.3 is 10.2 Å². The minimum Gasteiger partial charge on any atom is -0.385 e. The molecule has 0 unspecified atom stereocenters. The lowest BCUT2D eigenvalue weighted by Crippen LogP contribution is -2.35. The average Bonchev–Trinajstić information content (AvgIpc) is 2.62. The van der Waals surface area contributed by atoms with Gasteiger partial charge in [0.1, 0.15) is 0 Å². The van der Waals surface area contributed by atoms with E-state index in [1.165, 1.54) is 62.1 Å². The van der Waals surface area contributed by atoms with Gasteiger partial charge >= 0.3 is 0 Å². The van der Waals surface area contributed by atoms with Gasteiger partial charge in [-0.05, 0) is 75.4 Å². The molecule has 144 valence electrons. The molecule has 2 aromatic carbocycles. The number of hydrogen-bond acceptors (Lipinski definition) is 2. The molecule has 0 aliphatic carbocycles. The first-order valence-electron chi connectivity index (χ1n) is 9.37. The van der Waals surface area contributed by atoms with Crippen LogP contribution < -0.4 is 5.32 Å². The number of rotatable bonds is 7. The van der Waals surface area contributed by atoms with Crippen LogP contribution in [-0.2, 0) is 6.42 Å². The highest BCUT2D eigenvalue weighted by Gasteiger charge is 2.18. The van der Waals surface area contributed by atoms with E-state index in [1.807, 2.05) is 0 Å². The molecule has 1 saturated heterocycles. The molecule has 3 rings (SSSR count). The molecule has 0 radical (unpaired) electrons. The van der Waals surface area contributed by atoms with E-state index in [9.17, 15) is 0 Å². The summed E-state index contributed by atoms with van der Waals surface area (Å²) in [5.74, 6) is 0.869. The van der Waals surface area contributed by atoms with Crippen LogP contribution in [0, 0.1) is 12.8 Å². The molecule has 1 aliphatic rings. The van der Waals surface area contributed by atoms with Crippen LogP contribution >= 0.6 is 24.8 Å². The van der Waals surface area contributed by atoms with Gasteiger partial charge in [-0.1, -0.05) is 48.5 Å². The number of benzene rings is 2. The number of hydrogen-bond donors (Lipinski definition) is 1. The molecule has 0 spiro atoms. The Balaban J connectivity index is 0.00000169. The summed E-state index contributed by atoms with van der Waals surface area (Å²) in [6.45, 7) is 6.98. The Labute approximate surface area is 171 Å². The van der Waals surface area contributed by atoms with Crippen molar-refractivity contribution >= 4 is 30.5 Å². The van der Waals surface area contributed by atoms with E-state index < -0.39 is 0 Å². The van der Waals surface area contributed by atoms with Crippen LogP contribution in [0.4, 0.5) is 5.69 Å². The van der Waals surface area contributed by atoms with Crippen LogP contribution in [0.25, 0.3) is 0 Å². The lowest BCUT2D eigenvalue weighted by molar-refractivity contribution is 0.183. The number of likely N-dealkylation sites (tertiary alicyclic amines) is 1. The van der Waals surface area contributed by atoms with E-state index in [2.05, 4.69) is 71.7 Å². The second-order valence-electron chi connectivity index (χ2n) is 7.07. The molecule has 0 bridgehead atoms. The van der Waals surface area contributed by atoms with Gasteiger partial charge in [0.05, 0.1) is 0 Å². The summed E-state index contributed by atoms with van der Waals surface area (Å²) < 4.78 is 0. The highest BCUT2D eigenvalue weighted by Crippen LogP contribution is 2.21. The van der Waals surface area contributed by atoms with E-state index >= 15 is 0 Å². The van der Waals surface area contributed by atoms with Crippen molar-refractivity contribution in [2.45, 2.75) is 32.6 Å². The Morgan fingerprint density at radius 2 is 1.58 bits per heavy atom. The van der Waals surface area contributed by atoms with Crippen molar-refractivity contribution in [1.29, 1.82) is 0 Å². The first-order chi connectivity index (χ1) is 11.8. The smallest absolute Gasteiger partial charge is 0.0369 e. The Kier molecular flexibility index (Phi) is 10.7. The minimum absolute atomic E-state index is 0. The zero-order chi connectivity index (χ0) is 16.6. The summed E-state index contributed by atoms with van der Waals surface area (Å²) in [6.07, 6.45) is 5.17. The van der Waals surface area contributed by atoms with Crippen LogP contribution in [0.5, 0.6) is 0 Å². The molecule has 0 amide bonds. The van der Waals surface area contributed by atoms with E-state index in [0.717, 1.165) is 12.5 Å². The van der Waals surface area contributed by atoms with Gasteiger partial charge in [-0.3, -0.25) is 0 Å². The van der Waals surface area contributed by atoms with E-state index in [-0.39, 0.29) is 24.8 Å². The number of para-hydroxylation sites is 1. The van der Waals surface area contributed by atoms with Crippen molar-refractivity contribution in [2.24, 2.45) is 5.92 Å². The fourth-order valence-electron chi connectivity index (χ4n) is 3.66. The van der Waals surface area contributed by atoms with E-state index in [4.69, 9.17) is 0 Å². The molecule has 0 atom stereocenters. The molecule has 1 aliphatic heterocycles. The summed E-state index contributed by atoms with van der Waals surface area (Å²) in [5.41, 5.74) is 4.11. The molecular formula is C22H32Cl2N2. The average molecular weight is 395 g/mol. The Hall–Kier alpha value is -1.22. The van der Waals surface area contributed by atoms with Gasteiger partial charge in [0.15, 0.2) is 0 Å². The summed E-state index contributed by atoms with van der Waals surface area (Å²) in [4.78, 5) is 2.64. The van der Waals surface area contributed by atoms with Gasteiger partial charge in [-0.25, -0.2) is 0 Å². The Bertz CT molecular complexity index is 611. The first kappa shape index (κ1) is 22.8. The van der Waals surface area contributed by atoms with E-state index in [0.29, 0.717) is 0 Å². The minimum atomic E-state index is 0. The maximum absolute atomic E-state index is 3.57. The number of anilines is 1. The van der Waals surface area contributed by atoms with Crippen LogP contribution in [0.2, 0.25) is 0 Å². The highest BCUT2D eigenvalue weighted by atomic mass is 35.5. The van der Waals surface area contributed by atoms with Crippen molar-refractivity contribution in [3.63, 3.8) is 0 Å².